The molecule has 3 aromatic heterocycles. The molecule has 0 N–H and O–H groups in total. The van der Waals surface area contributed by atoms with Crippen LogP contribution in [0, 0.1) is 13.8 Å². The SMILES string of the molecule is Cc1ccn2c(CN3CCN(C(=O)c4cnn(Cc5ccccc5)c4)CC3)c(C)nc2c1. The van der Waals surface area contributed by atoms with E-state index in [0.29, 0.717) is 12.1 Å². The van der Waals surface area contributed by atoms with E-state index in [1.807, 2.05) is 34.0 Å². The van der Waals surface area contributed by atoms with Gasteiger partial charge in [-0.15, -0.1) is 0 Å². The number of benzene rings is 1. The summed E-state index contributed by atoms with van der Waals surface area (Å²) in [5, 5.41) is 4.39. The van der Waals surface area contributed by atoms with Crippen molar-refractivity contribution in [2.45, 2.75) is 26.9 Å². The van der Waals surface area contributed by atoms with Gasteiger partial charge in [0.05, 0.1) is 29.7 Å². The van der Waals surface area contributed by atoms with E-state index in [0.717, 1.165) is 44.1 Å². The van der Waals surface area contributed by atoms with Gasteiger partial charge in [0, 0.05) is 45.1 Å². The Morgan fingerprint density at radius 3 is 2.56 bits per heavy atom. The van der Waals surface area contributed by atoms with Crippen molar-refractivity contribution < 1.29 is 4.79 Å². The summed E-state index contributed by atoms with van der Waals surface area (Å²) in [4.78, 5) is 22.0. The van der Waals surface area contributed by atoms with E-state index in [1.54, 1.807) is 6.20 Å². The van der Waals surface area contributed by atoms with Crippen molar-refractivity contribution in [3.8, 4) is 0 Å². The Balaban J connectivity index is 1.20. The van der Waals surface area contributed by atoms with E-state index in [2.05, 4.69) is 58.7 Å². The molecule has 7 nitrogen and oxygen atoms in total. The van der Waals surface area contributed by atoms with Gasteiger partial charge in [0.2, 0.25) is 0 Å². The zero-order valence-electron chi connectivity index (χ0n) is 18.6. The summed E-state index contributed by atoms with van der Waals surface area (Å²) in [6.07, 6.45) is 5.64. The van der Waals surface area contributed by atoms with Crippen molar-refractivity contribution in [1.29, 1.82) is 0 Å². The molecule has 0 saturated carbocycles. The highest BCUT2D eigenvalue weighted by Crippen LogP contribution is 2.17. The second-order valence-corrected chi connectivity index (χ2v) is 8.56. The largest absolute Gasteiger partial charge is 0.336 e. The first-order chi connectivity index (χ1) is 15.6. The molecule has 0 bridgehead atoms. The van der Waals surface area contributed by atoms with Crippen LogP contribution in [-0.4, -0.2) is 61.1 Å². The molecule has 7 heteroatoms. The number of piperazine rings is 1. The number of hydrogen-bond acceptors (Lipinski definition) is 4. The number of fused-ring (bicyclic) bond motifs is 1. The number of pyridine rings is 1. The molecule has 32 heavy (non-hydrogen) atoms. The summed E-state index contributed by atoms with van der Waals surface area (Å²) in [6, 6.07) is 14.4. The van der Waals surface area contributed by atoms with E-state index in [9.17, 15) is 4.79 Å². The number of carbonyl (C=O) groups is 1. The van der Waals surface area contributed by atoms with Crippen LogP contribution < -0.4 is 0 Å². The molecule has 164 valence electrons. The van der Waals surface area contributed by atoms with E-state index in [-0.39, 0.29) is 5.91 Å². The molecule has 0 unspecified atom stereocenters. The highest BCUT2D eigenvalue weighted by Gasteiger charge is 2.24. The fourth-order valence-corrected chi connectivity index (χ4v) is 4.34. The van der Waals surface area contributed by atoms with Crippen LogP contribution >= 0.6 is 0 Å². The lowest BCUT2D eigenvalue weighted by Gasteiger charge is -2.34. The van der Waals surface area contributed by atoms with Crippen LogP contribution in [-0.2, 0) is 13.1 Å². The maximum absolute atomic E-state index is 13.0. The van der Waals surface area contributed by atoms with Gasteiger partial charge in [-0.2, -0.15) is 5.10 Å². The van der Waals surface area contributed by atoms with E-state index in [4.69, 9.17) is 4.98 Å². The Hall–Kier alpha value is -3.45. The summed E-state index contributed by atoms with van der Waals surface area (Å²) >= 11 is 0. The predicted octanol–water partition coefficient (Wildman–Crippen LogP) is 3.15. The van der Waals surface area contributed by atoms with Gasteiger partial charge in [-0.3, -0.25) is 14.4 Å². The molecule has 1 fully saturated rings. The smallest absolute Gasteiger partial charge is 0.257 e. The molecule has 1 aromatic carbocycles. The van der Waals surface area contributed by atoms with Crippen LogP contribution in [0.1, 0.15) is 32.9 Å². The lowest BCUT2D eigenvalue weighted by Crippen LogP contribution is -2.48. The minimum Gasteiger partial charge on any atom is -0.336 e. The zero-order valence-corrected chi connectivity index (χ0v) is 18.6. The van der Waals surface area contributed by atoms with Gasteiger partial charge >= 0.3 is 0 Å². The number of rotatable bonds is 5. The van der Waals surface area contributed by atoms with Crippen molar-refractivity contribution in [2.24, 2.45) is 0 Å². The van der Waals surface area contributed by atoms with Gasteiger partial charge in [-0.05, 0) is 37.1 Å². The van der Waals surface area contributed by atoms with Crippen LogP contribution in [0.15, 0.2) is 61.1 Å². The second-order valence-electron chi connectivity index (χ2n) is 8.56. The highest BCUT2D eigenvalue weighted by molar-refractivity contribution is 5.93. The molecular formula is C25H28N6O. The second kappa shape index (κ2) is 8.59. The average molecular weight is 429 g/mol. The first kappa shape index (κ1) is 20.5. The lowest BCUT2D eigenvalue weighted by atomic mass is 10.2. The number of carbonyl (C=O) groups excluding carboxylic acids is 1. The maximum Gasteiger partial charge on any atom is 0.257 e. The van der Waals surface area contributed by atoms with E-state index < -0.39 is 0 Å². The molecular weight excluding hydrogens is 400 g/mol. The van der Waals surface area contributed by atoms with Gasteiger partial charge in [-0.25, -0.2) is 4.98 Å². The van der Waals surface area contributed by atoms with Crippen LogP contribution in [0.25, 0.3) is 5.65 Å². The first-order valence-electron chi connectivity index (χ1n) is 11.1. The molecule has 0 spiro atoms. The van der Waals surface area contributed by atoms with Crippen molar-refractivity contribution in [1.82, 2.24) is 29.0 Å². The molecule has 1 aliphatic heterocycles. The third-order valence-corrected chi connectivity index (χ3v) is 6.18. The molecule has 5 rings (SSSR count). The summed E-state index contributed by atoms with van der Waals surface area (Å²) in [7, 11) is 0. The van der Waals surface area contributed by atoms with Gasteiger partial charge in [0.25, 0.3) is 5.91 Å². The first-order valence-corrected chi connectivity index (χ1v) is 11.1. The Bertz CT molecular complexity index is 1230. The third-order valence-electron chi connectivity index (χ3n) is 6.18. The molecule has 0 aliphatic carbocycles. The molecule has 0 radical (unpaired) electrons. The Morgan fingerprint density at radius 1 is 1.00 bits per heavy atom. The minimum atomic E-state index is 0.0606. The van der Waals surface area contributed by atoms with Crippen LogP contribution in [0.4, 0.5) is 0 Å². The van der Waals surface area contributed by atoms with Gasteiger partial charge in [0.1, 0.15) is 5.65 Å². The van der Waals surface area contributed by atoms with Crippen molar-refractivity contribution >= 4 is 11.6 Å². The number of nitrogens with zero attached hydrogens (tertiary/aromatic N) is 6. The van der Waals surface area contributed by atoms with E-state index in [1.165, 1.54) is 16.8 Å². The summed E-state index contributed by atoms with van der Waals surface area (Å²) in [5.41, 5.74) is 6.33. The minimum absolute atomic E-state index is 0.0606. The summed E-state index contributed by atoms with van der Waals surface area (Å²) in [6.45, 7) is 8.81. The maximum atomic E-state index is 13.0. The highest BCUT2D eigenvalue weighted by atomic mass is 16.2. The van der Waals surface area contributed by atoms with Crippen LogP contribution in [0.3, 0.4) is 0 Å². The molecule has 4 aromatic rings. The monoisotopic (exact) mass is 428 g/mol. The topological polar surface area (TPSA) is 58.7 Å². The third kappa shape index (κ3) is 4.16. The fraction of sp³-hybridized carbons (Fsp3) is 0.320. The molecule has 4 heterocycles. The number of imidazole rings is 1. The summed E-state index contributed by atoms with van der Waals surface area (Å²) in [5.74, 6) is 0.0606. The van der Waals surface area contributed by atoms with Gasteiger partial charge < -0.3 is 9.30 Å². The van der Waals surface area contributed by atoms with Crippen molar-refractivity contribution in [2.75, 3.05) is 26.2 Å². The predicted molar refractivity (Wildman–Crippen MR) is 124 cm³/mol. The standard InChI is InChI=1S/C25H28N6O/c1-19-8-9-31-23(20(2)27-24(31)14-19)18-28-10-12-29(13-11-28)25(32)22-15-26-30(17-22)16-21-6-4-3-5-7-21/h3-9,14-15,17H,10-13,16,18H2,1-2H3. The zero-order chi connectivity index (χ0) is 22.1. The fourth-order valence-electron chi connectivity index (χ4n) is 4.34. The van der Waals surface area contributed by atoms with Crippen molar-refractivity contribution in [3.05, 3.63) is 89.1 Å². The Kier molecular flexibility index (Phi) is 5.49. The number of amides is 1. The van der Waals surface area contributed by atoms with Crippen LogP contribution in [0.2, 0.25) is 0 Å². The van der Waals surface area contributed by atoms with Gasteiger partial charge in [0.15, 0.2) is 0 Å². The molecule has 0 atom stereocenters. The lowest BCUT2D eigenvalue weighted by molar-refractivity contribution is 0.0626. The average Bonchev–Trinajstić information content (AvgIpc) is 3.38. The molecule has 1 aliphatic rings. The van der Waals surface area contributed by atoms with Crippen molar-refractivity contribution in [3.63, 3.8) is 0 Å². The number of aromatic nitrogens is 4. The molecule has 1 amide bonds. The normalized spacial score (nSPS) is 14.9. The van der Waals surface area contributed by atoms with Crippen LogP contribution in [0.5, 0.6) is 0 Å². The number of hydrogen-bond donors (Lipinski definition) is 0. The van der Waals surface area contributed by atoms with Gasteiger partial charge in [-0.1, -0.05) is 30.3 Å². The van der Waals surface area contributed by atoms with E-state index >= 15 is 0 Å². The number of aryl methyl sites for hydroxylation is 2. The quantitative estimate of drug-likeness (QED) is 0.490. The molecule has 1 saturated heterocycles. The summed E-state index contributed by atoms with van der Waals surface area (Å²) < 4.78 is 4.01. The Labute approximate surface area is 187 Å². The Morgan fingerprint density at radius 2 is 1.78 bits per heavy atom.